The molecule has 3 nitrogen and oxygen atoms in total. The third kappa shape index (κ3) is 2.45. The highest BCUT2D eigenvalue weighted by molar-refractivity contribution is 5.51. The first-order valence-electron chi connectivity index (χ1n) is 6.26. The molecule has 1 aromatic carbocycles. The van der Waals surface area contributed by atoms with Gasteiger partial charge >= 0.3 is 0 Å². The Kier molecular flexibility index (Phi) is 3.69. The molecule has 2 rings (SSSR count). The molecule has 1 heterocycles. The van der Waals surface area contributed by atoms with Gasteiger partial charge in [0.2, 0.25) is 0 Å². The van der Waals surface area contributed by atoms with Crippen LogP contribution in [0.4, 0.5) is 5.69 Å². The molecule has 0 amide bonds. The number of nitrogens with zero attached hydrogens (tertiary/aromatic N) is 1. The van der Waals surface area contributed by atoms with Crippen LogP contribution in [0.1, 0.15) is 25.0 Å². The van der Waals surface area contributed by atoms with Gasteiger partial charge in [0.1, 0.15) is 0 Å². The Morgan fingerprint density at radius 1 is 1.35 bits per heavy atom. The van der Waals surface area contributed by atoms with Crippen molar-refractivity contribution < 1.29 is 4.74 Å². The molecule has 2 atom stereocenters. The fourth-order valence-electron chi connectivity index (χ4n) is 2.50. The van der Waals surface area contributed by atoms with Crippen LogP contribution < -0.4 is 5.73 Å². The van der Waals surface area contributed by atoms with Crippen LogP contribution in [0.3, 0.4) is 0 Å². The number of methoxy groups -OCH3 is 1. The molecule has 0 saturated carbocycles. The van der Waals surface area contributed by atoms with E-state index < -0.39 is 0 Å². The first-order valence-corrected chi connectivity index (χ1v) is 6.26. The lowest BCUT2D eigenvalue weighted by molar-refractivity contribution is 0.0276. The average molecular weight is 234 g/mol. The molecule has 1 aliphatic heterocycles. The van der Waals surface area contributed by atoms with Gasteiger partial charge in [0, 0.05) is 31.9 Å². The summed E-state index contributed by atoms with van der Waals surface area (Å²) in [6.45, 7) is 6.40. The van der Waals surface area contributed by atoms with Gasteiger partial charge in [-0.1, -0.05) is 12.1 Å². The normalized spacial score (nSPS) is 19.7. The van der Waals surface area contributed by atoms with Crippen molar-refractivity contribution in [3.05, 3.63) is 29.3 Å². The number of hydrogen-bond donors (Lipinski definition) is 1. The summed E-state index contributed by atoms with van der Waals surface area (Å²) in [6.07, 6.45) is 1.31. The Morgan fingerprint density at radius 2 is 2.12 bits per heavy atom. The quantitative estimate of drug-likeness (QED) is 0.813. The molecule has 94 valence electrons. The second kappa shape index (κ2) is 5.07. The fourth-order valence-corrected chi connectivity index (χ4v) is 2.50. The van der Waals surface area contributed by atoms with Crippen molar-refractivity contribution in [2.45, 2.75) is 39.0 Å². The zero-order valence-corrected chi connectivity index (χ0v) is 10.9. The molecule has 1 aliphatic rings. The maximum Gasteiger partial charge on any atom is 0.0695 e. The minimum absolute atomic E-state index is 0.262. The fraction of sp³-hybridized carbons (Fsp3) is 0.571. The maximum atomic E-state index is 6.01. The van der Waals surface area contributed by atoms with Crippen LogP contribution in [0.15, 0.2) is 18.2 Å². The Labute approximate surface area is 104 Å². The highest BCUT2D eigenvalue weighted by atomic mass is 16.5. The molecule has 2 unspecified atom stereocenters. The van der Waals surface area contributed by atoms with E-state index in [9.17, 15) is 0 Å². The van der Waals surface area contributed by atoms with Gasteiger partial charge in [-0.3, -0.25) is 4.90 Å². The third-order valence-corrected chi connectivity index (χ3v) is 3.96. The molecule has 0 aromatic heterocycles. The summed E-state index contributed by atoms with van der Waals surface area (Å²) in [4.78, 5) is 2.47. The molecular formula is C14H22N2O. The predicted octanol–water partition coefficient (Wildman–Crippen LogP) is 2.05. The van der Waals surface area contributed by atoms with Crippen molar-refractivity contribution in [2.24, 2.45) is 0 Å². The summed E-state index contributed by atoms with van der Waals surface area (Å²) in [6, 6.07) is 6.66. The lowest BCUT2D eigenvalue weighted by Crippen LogP contribution is -2.43. The minimum atomic E-state index is 0.262. The van der Waals surface area contributed by atoms with Crippen molar-refractivity contribution in [2.75, 3.05) is 19.4 Å². The van der Waals surface area contributed by atoms with Crippen LogP contribution in [0.5, 0.6) is 0 Å². The predicted molar refractivity (Wildman–Crippen MR) is 70.9 cm³/mol. The van der Waals surface area contributed by atoms with E-state index in [4.69, 9.17) is 10.5 Å². The lowest BCUT2D eigenvalue weighted by atomic mass is 9.96. The number of nitrogens with two attached hydrogens (primary N) is 1. The lowest BCUT2D eigenvalue weighted by Gasteiger charge is -2.36. The summed E-state index contributed by atoms with van der Waals surface area (Å²) in [7, 11) is 1.77. The highest BCUT2D eigenvalue weighted by Gasteiger charge is 2.24. The number of benzene rings is 1. The molecular weight excluding hydrogens is 212 g/mol. The smallest absolute Gasteiger partial charge is 0.0695 e. The second-order valence-corrected chi connectivity index (χ2v) is 4.89. The Morgan fingerprint density at radius 3 is 2.82 bits per heavy atom. The topological polar surface area (TPSA) is 38.5 Å². The van der Waals surface area contributed by atoms with Gasteiger partial charge in [0.25, 0.3) is 0 Å². The van der Waals surface area contributed by atoms with Crippen molar-refractivity contribution in [3.63, 3.8) is 0 Å². The molecule has 17 heavy (non-hydrogen) atoms. The van der Waals surface area contributed by atoms with Crippen LogP contribution in [0, 0.1) is 0 Å². The summed E-state index contributed by atoms with van der Waals surface area (Å²) >= 11 is 0. The molecule has 1 aromatic rings. The molecule has 0 bridgehead atoms. The maximum absolute atomic E-state index is 6.01. The highest BCUT2D eigenvalue weighted by Crippen LogP contribution is 2.25. The number of nitrogen functional groups attached to an aromatic ring is 1. The van der Waals surface area contributed by atoms with Crippen molar-refractivity contribution in [3.8, 4) is 0 Å². The summed E-state index contributed by atoms with van der Waals surface area (Å²) < 4.78 is 5.41. The Hall–Kier alpha value is -1.06. The number of ether oxygens (including phenoxy) is 1. The Bertz CT molecular complexity index is 392. The van der Waals surface area contributed by atoms with Crippen LogP contribution in [0.25, 0.3) is 0 Å². The molecule has 0 saturated heterocycles. The van der Waals surface area contributed by atoms with E-state index in [2.05, 4.69) is 24.8 Å². The average Bonchev–Trinajstić information content (AvgIpc) is 2.37. The molecule has 3 heteroatoms. The van der Waals surface area contributed by atoms with Crippen LogP contribution in [-0.2, 0) is 17.7 Å². The van der Waals surface area contributed by atoms with Gasteiger partial charge in [0.05, 0.1) is 6.10 Å². The summed E-state index contributed by atoms with van der Waals surface area (Å²) in [5, 5.41) is 0. The van der Waals surface area contributed by atoms with E-state index in [-0.39, 0.29) is 6.10 Å². The van der Waals surface area contributed by atoms with E-state index in [1.165, 1.54) is 11.1 Å². The van der Waals surface area contributed by atoms with Gasteiger partial charge < -0.3 is 10.5 Å². The zero-order chi connectivity index (χ0) is 12.4. The number of rotatable bonds is 3. The van der Waals surface area contributed by atoms with Gasteiger partial charge in [0.15, 0.2) is 0 Å². The molecule has 0 radical (unpaired) electrons. The standard InChI is InChI=1S/C14H22N2O/c1-10(11(2)17-3)16-8-7-13-12(9-16)5-4-6-14(13)15/h4-6,10-11H,7-9,15H2,1-3H3. The molecule has 0 spiro atoms. The minimum Gasteiger partial charge on any atom is -0.398 e. The van der Waals surface area contributed by atoms with Crippen molar-refractivity contribution in [1.29, 1.82) is 0 Å². The molecule has 0 aliphatic carbocycles. The number of hydrogen-bond acceptors (Lipinski definition) is 3. The van der Waals surface area contributed by atoms with E-state index in [0.717, 1.165) is 25.2 Å². The second-order valence-electron chi connectivity index (χ2n) is 4.89. The van der Waals surface area contributed by atoms with Crippen LogP contribution in [-0.4, -0.2) is 30.7 Å². The number of fused-ring (bicyclic) bond motifs is 1. The van der Waals surface area contributed by atoms with Crippen LogP contribution >= 0.6 is 0 Å². The van der Waals surface area contributed by atoms with Gasteiger partial charge in [-0.15, -0.1) is 0 Å². The third-order valence-electron chi connectivity index (χ3n) is 3.96. The SMILES string of the molecule is COC(C)C(C)N1CCc2c(N)cccc2C1. The van der Waals surface area contributed by atoms with E-state index in [1.807, 2.05) is 12.1 Å². The van der Waals surface area contributed by atoms with Gasteiger partial charge in [-0.05, 0) is 37.5 Å². The summed E-state index contributed by atoms with van der Waals surface area (Å²) in [5.41, 5.74) is 9.65. The van der Waals surface area contributed by atoms with E-state index in [1.54, 1.807) is 7.11 Å². The zero-order valence-electron chi connectivity index (χ0n) is 10.9. The first kappa shape index (κ1) is 12.4. The van der Waals surface area contributed by atoms with Gasteiger partial charge in [-0.25, -0.2) is 0 Å². The van der Waals surface area contributed by atoms with Gasteiger partial charge in [-0.2, -0.15) is 0 Å². The molecule has 2 N–H and O–H groups in total. The van der Waals surface area contributed by atoms with Crippen molar-refractivity contribution >= 4 is 5.69 Å². The van der Waals surface area contributed by atoms with E-state index in [0.29, 0.717) is 6.04 Å². The number of anilines is 1. The monoisotopic (exact) mass is 234 g/mol. The largest absolute Gasteiger partial charge is 0.398 e. The first-order chi connectivity index (χ1) is 8.13. The van der Waals surface area contributed by atoms with Crippen LogP contribution in [0.2, 0.25) is 0 Å². The van der Waals surface area contributed by atoms with Crippen molar-refractivity contribution in [1.82, 2.24) is 4.90 Å². The molecule has 0 fully saturated rings. The summed E-state index contributed by atoms with van der Waals surface area (Å²) in [5.74, 6) is 0. The van der Waals surface area contributed by atoms with E-state index >= 15 is 0 Å². The Balaban J connectivity index is 2.14.